The van der Waals surface area contributed by atoms with Gasteiger partial charge in [-0.1, -0.05) is 6.92 Å². The second-order valence-corrected chi connectivity index (χ2v) is 5.71. The Labute approximate surface area is 109 Å². The van der Waals surface area contributed by atoms with Gasteiger partial charge in [0, 0.05) is 34.1 Å². The molecular formula is C12H24N2O2S. The Bertz CT molecular complexity index is 267. The first-order valence-electron chi connectivity index (χ1n) is 5.76. The van der Waals surface area contributed by atoms with Crippen molar-refractivity contribution in [3.05, 3.63) is 0 Å². The van der Waals surface area contributed by atoms with E-state index in [4.69, 9.17) is 0 Å². The summed E-state index contributed by atoms with van der Waals surface area (Å²) in [6, 6.07) is 0. The Morgan fingerprint density at radius 2 is 1.47 bits per heavy atom. The summed E-state index contributed by atoms with van der Waals surface area (Å²) < 4.78 is 0. The minimum Gasteiger partial charge on any atom is -0.349 e. The molecule has 0 radical (unpaired) electrons. The molecule has 2 amide bonds. The highest BCUT2D eigenvalue weighted by molar-refractivity contribution is 7.99. The van der Waals surface area contributed by atoms with E-state index in [9.17, 15) is 9.59 Å². The lowest BCUT2D eigenvalue weighted by Gasteiger charge is -2.21. The first-order valence-corrected chi connectivity index (χ1v) is 7.05. The minimum atomic E-state index is -0.0394. The Morgan fingerprint density at radius 3 is 1.82 bits per heavy atom. The van der Waals surface area contributed by atoms with Gasteiger partial charge in [0.1, 0.15) is 0 Å². The smallest absolute Gasteiger partial charge is 0.235 e. The van der Waals surface area contributed by atoms with Gasteiger partial charge in [0.15, 0.2) is 0 Å². The molecule has 17 heavy (non-hydrogen) atoms. The molecule has 2 atom stereocenters. The van der Waals surface area contributed by atoms with Gasteiger partial charge >= 0.3 is 0 Å². The van der Waals surface area contributed by atoms with Crippen molar-refractivity contribution in [1.29, 1.82) is 0 Å². The summed E-state index contributed by atoms with van der Waals surface area (Å²) in [5, 5.41) is -0.0394. The molecule has 2 unspecified atom stereocenters. The fourth-order valence-electron chi connectivity index (χ4n) is 1.60. The number of carbonyl (C=O) groups excluding carboxylic acids is 2. The maximum atomic E-state index is 11.8. The molecule has 0 N–H and O–H groups in total. The first-order chi connectivity index (χ1) is 7.81. The van der Waals surface area contributed by atoms with E-state index in [1.807, 2.05) is 13.2 Å². The van der Waals surface area contributed by atoms with Crippen LogP contribution in [0.2, 0.25) is 0 Å². The van der Waals surface area contributed by atoms with Gasteiger partial charge in [-0.05, 0) is 19.1 Å². The molecule has 0 aliphatic rings. The predicted octanol–water partition coefficient (Wildman–Crippen LogP) is 1.31. The standard InChI is InChI=1S/C12H24N2O2S/c1-9(11(15)13(2)3)7-8-10(17-6)12(16)14(4)5/h9-10H,7-8H2,1-6H3. The van der Waals surface area contributed by atoms with Gasteiger partial charge in [-0.3, -0.25) is 9.59 Å². The summed E-state index contributed by atoms with van der Waals surface area (Å²) in [5.41, 5.74) is 0. The number of thioether (sulfide) groups is 1. The molecular weight excluding hydrogens is 236 g/mol. The van der Waals surface area contributed by atoms with Crippen LogP contribution in [0, 0.1) is 5.92 Å². The lowest BCUT2D eigenvalue weighted by atomic mass is 10.0. The molecule has 0 heterocycles. The SMILES string of the molecule is CSC(CCC(C)C(=O)N(C)C)C(=O)N(C)C. The number of rotatable bonds is 6. The van der Waals surface area contributed by atoms with Crippen LogP contribution in [0.3, 0.4) is 0 Å². The topological polar surface area (TPSA) is 40.6 Å². The second-order valence-electron chi connectivity index (χ2n) is 4.67. The summed E-state index contributed by atoms with van der Waals surface area (Å²) in [7, 11) is 7.05. The molecule has 0 rings (SSSR count). The van der Waals surface area contributed by atoms with E-state index >= 15 is 0 Å². The number of hydrogen-bond donors (Lipinski definition) is 0. The van der Waals surface area contributed by atoms with Crippen LogP contribution >= 0.6 is 11.8 Å². The molecule has 0 aromatic carbocycles. The van der Waals surface area contributed by atoms with Gasteiger partial charge < -0.3 is 9.80 Å². The molecule has 100 valence electrons. The van der Waals surface area contributed by atoms with E-state index in [0.29, 0.717) is 0 Å². The highest BCUT2D eigenvalue weighted by Gasteiger charge is 2.22. The molecule has 5 heteroatoms. The van der Waals surface area contributed by atoms with Gasteiger partial charge in [0.05, 0.1) is 5.25 Å². The van der Waals surface area contributed by atoms with E-state index in [1.165, 1.54) is 0 Å². The van der Waals surface area contributed by atoms with Crippen molar-refractivity contribution in [3.8, 4) is 0 Å². The minimum absolute atomic E-state index is 0.0189. The molecule has 0 fully saturated rings. The highest BCUT2D eigenvalue weighted by Crippen LogP contribution is 2.19. The van der Waals surface area contributed by atoms with E-state index in [0.717, 1.165) is 12.8 Å². The van der Waals surface area contributed by atoms with Crippen LogP contribution in [-0.2, 0) is 9.59 Å². The summed E-state index contributed by atoms with van der Waals surface area (Å²) in [5.74, 6) is 0.235. The van der Waals surface area contributed by atoms with Crippen molar-refractivity contribution in [2.45, 2.75) is 25.0 Å². The van der Waals surface area contributed by atoms with Gasteiger partial charge in [0.25, 0.3) is 0 Å². The number of amides is 2. The van der Waals surface area contributed by atoms with Crippen molar-refractivity contribution < 1.29 is 9.59 Å². The van der Waals surface area contributed by atoms with Gasteiger partial charge in [-0.2, -0.15) is 11.8 Å². The Kier molecular flexibility index (Phi) is 7.27. The summed E-state index contributed by atoms with van der Waals surface area (Å²) in [6.45, 7) is 1.92. The molecule has 0 bridgehead atoms. The zero-order valence-electron chi connectivity index (χ0n) is 11.7. The fourth-order valence-corrected chi connectivity index (χ4v) is 2.38. The number of carbonyl (C=O) groups is 2. The molecule has 0 aliphatic carbocycles. The average molecular weight is 260 g/mol. The van der Waals surface area contributed by atoms with Crippen LogP contribution in [0.4, 0.5) is 0 Å². The van der Waals surface area contributed by atoms with Gasteiger partial charge in [0.2, 0.25) is 11.8 Å². The molecule has 0 saturated heterocycles. The molecule has 0 aliphatic heterocycles. The molecule has 4 nitrogen and oxygen atoms in total. The number of nitrogens with zero attached hydrogens (tertiary/aromatic N) is 2. The van der Waals surface area contributed by atoms with Crippen LogP contribution in [-0.4, -0.2) is 61.3 Å². The van der Waals surface area contributed by atoms with Crippen molar-refractivity contribution >= 4 is 23.6 Å². The third kappa shape index (κ3) is 5.44. The van der Waals surface area contributed by atoms with Crippen LogP contribution in [0.25, 0.3) is 0 Å². The van der Waals surface area contributed by atoms with Crippen LogP contribution in [0.1, 0.15) is 19.8 Å². The lowest BCUT2D eigenvalue weighted by molar-refractivity contribution is -0.133. The molecule has 0 aromatic heterocycles. The van der Waals surface area contributed by atoms with Gasteiger partial charge in [-0.15, -0.1) is 0 Å². The Balaban J connectivity index is 4.24. The Morgan fingerprint density at radius 1 is 1.00 bits per heavy atom. The van der Waals surface area contributed by atoms with E-state index in [2.05, 4.69) is 0 Å². The van der Waals surface area contributed by atoms with E-state index in [1.54, 1.807) is 49.8 Å². The molecule has 0 saturated carbocycles. The summed E-state index contributed by atoms with van der Waals surface area (Å²) in [6.07, 6.45) is 3.44. The van der Waals surface area contributed by atoms with E-state index < -0.39 is 0 Å². The maximum Gasteiger partial charge on any atom is 0.235 e. The van der Waals surface area contributed by atoms with Crippen molar-refractivity contribution in [2.24, 2.45) is 5.92 Å². The monoisotopic (exact) mass is 260 g/mol. The summed E-state index contributed by atoms with van der Waals surface area (Å²) >= 11 is 1.55. The average Bonchev–Trinajstić information content (AvgIpc) is 2.27. The van der Waals surface area contributed by atoms with Crippen LogP contribution < -0.4 is 0 Å². The molecule has 0 spiro atoms. The zero-order chi connectivity index (χ0) is 13.6. The van der Waals surface area contributed by atoms with Crippen LogP contribution in [0.15, 0.2) is 0 Å². The fraction of sp³-hybridized carbons (Fsp3) is 0.833. The third-order valence-corrected chi connectivity index (χ3v) is 3.73. The maximum absolute atomic E-state index is 11.8. The van der Waals surface area contributed by atoms with E-state index in [-0.39, 0.29) is 23.0 Å². The van der Waals surface area contributed by atoms with Crippen LogP contribution in [0.5, 0.6) is 0 Å². The first kappa shape index (κ1) is 16.3. The van der Waals surface area contributed by atoms with Crippen molar-refractivity contribution in [2.75, 3.05) is 34.4 Å². The summed E-state index contributed by atoms with van der Waals surface area (Å²) in [4.78, 5) is 26.7. The lowest BCUT2D eigenvalue weighted by Crippen LogP contribution is -2.33. The normalized spacial score (nSPS) is 14.0. The van der Waals surface area contributed by atoms with Crippen molar-refractivity contribution in [1.82, 2.24) is 9.80 Å². The predicted molar refractivity (Wildman–Crippen MR) is 73.1 cm³/mol. The quantitative estimate of drug-likeness (QED) is 0.723. The van der Waals surface area contributed by atoms with Crippen molar-refractivity contribution in [3.63, 3.8) is 0 Å². The highest BCUT2D eigenvalue weighted by atomic mass is 32.2. The molecule has 0 aromatic rings. The largest absolute Gasteiger partial charge is 0.349 e. The zero-order valence-corrected chi connectivity index (χ0v) is 12.5. The third-order valence-electron chi connectivity index (χ3n) is 2.72. The second kappa shape index (κ2) is 7.58. The Hall–Kier alpha value is -0.710. The van der Waals surface area contributed by atoms with Gasteiger partial charge in [-0.25, -0.2) is 0 Å². The number of hydrogen-bond acceptors (Lipinski definition) is 3.